The fourth-order valence-electron chi connectivity index (χ4n) is 1.91. The van der Waals surface area contributed by atoms with Crippen molar-refractivity contribution in [1.82, 2.24) is 4.98 Å². The highest BCUT2D eigenvalue weighted by Gasteiger charge is 2.14. The number of anilines is 1. The second-order valence-corrected chi connectivity index (χ2v) is 4.41. The number of hydrogen-bond donors (Lipinski definition) is 2. The monoisotopic (exact) mass is 288 g/mol. The van der Waals surface area contributed by atoms with Gasteiger partial charge in [-0.3, -0.25) is 9.59 Å². The SMILES string of the molecule is CCOC(=O)c1c[nH]c2ccc(NC(=O)CC)cc2c1=O. The average Bonchev–Trinajstić information content (AvgIpc) is 2.48. The van der Waals surface area contributed by atoms with Gasteiger partial charge in [-0.25, -0.2) is 4.79 Å². The van der Waals surface area contributed by atoms with E-state index in [2.05, 4.69) is 10.3 Å². The zero-order valence-electron chi connectivity index (χ0n) is 11.9. The number of aromatic amines is 1. The van der Waals surface area contributed by atoms with Gasteiger partial charge in [0.1, 0.15) is 5.56 Å². The molecule has 0 aliphatic heterocycles. The Morgan fingerprint density at radius 1 is 1.29 bits per heavy atom. The van der Waals surface area contributed by atoms with Gasteiger partial charge in [0.2, 0.25) is 11.3 Å². The first-order chi connectivity index (χ1) is 10.1. The fraction of sp³-hybridized carbons (Fsp3) is 0.267. The summed E-state index contributed by atoms with van der Waals surface area (Å²) >= 11 is 0. The molecule has 2 N–H and O–H groups in total. The Hall–Kier alpha value is -2.63. The summed E-state index contributed by atoms with van der Waals surface area (Å²) in [7, 11) is 0. The Bertz CT molecular complexity index is 749. The highest BCUT2D eigenvalue weighted by molar-refractivity contribution is 5.96. The third-order valence-corrected chi connectivity index (χ3v) is 2.98. The maximum Gasteiger partial charge on any atom is 0.343 e. The van der Waals surface area contributed by atoms with Crippen LogP contribution in [0.15, 0.2) is 29.2 Å². The molecule has 0 saturated carbocycles. The van der Waals surface area contributed by atoms with Gasteiger partial charge in [0.25, 0.3) is 0 Å². The molecule has 0 aliphatic carbocycles. The zero-order valence-corrected chi connectivity index (χ0v) is 11.9. The molecular weight excluding hydrogens is 272 g/mol. The molecule has 0 unspecified atom stereocenters. The minimum atomic E-state index is -0.663. The van der Waals surface area contributed by atoms with Gasteiger partial charge in [-0.15, -0.1) is 0 Å². The lowest BCUT2D eigenvalue weighted by Crippen LogP contribution is -2.18. The third kappa shape index (κ3) is 3.10. The lowest BCUT2D eigenvalue weighted by atomic mass is 10.1. The average molecular weight is 288 g/mol. The highest BCUT2D eigenvalue weighted by Crippen LogP contribution is 2.15. The largest absolute Gasteiger partial charge is 0.462 e. The van der Waals surface area contributed by atoms with E-state index in [0.717, 1.165) is 0 Å². The van der Waals surface area contributed by atoms with Crippen molar-refractivity contribution in [1.29, 1.82) is 0 Å². The molecule has 1 amide bonds. The van der Waals surface area contributed by atoms with Gasteiger partial charge in [-0.1, -0.05) is 6.92 Å². The maximum absolute atomic E-state index is 12.3. The van der Waals surface area contributed by atoms with Crippen LogP contribution in [0.5, 0.6) is 0 Å². The molecule has 0 bridgehead atoms. The summed E-state index contributed by atoms with van der Waals surface area (Å²) in [6.07, 6.45) is 1.68. The maximum atomic E-state index is 12.3. The number of benzene rings is 1. The molecule has 21 heavy (non-hydrogen) atoms. The Morgan fingerprint density at radius 2 is 2.05 bits per heavy atom. The van der Waals surface area contributed by atoms with E-state index in [1.165, 1.54) is 6.20 Å². The molecule has 2 aromatic rings. The number of amides is 1. The van der Waals surface area contributed by atoms with Crippen molar-refractivity contribution in [3.05, 3.63) is 40.2 Å². The van der Waals surface area contributed by atoms with Crippen LogP contribution < -0.4 is 10.7 Å². The molecule has 6 nitrogen and oxygen atoms in total. The van der Waals surface area contributed by atoms with E-state index in [1.807, 2.05) is 0 Å². The molecule has 0 saturated heterocycles. The second-order valence-electron chi connectivity index (χ2n) is 4.41. The van der Waals surface area contributed by atoms with Crippen molar-refractivity contribution in [3.63, 3.8) is 0 Å². The number of rotatable bonds is 4. The number of H-pyrrole nitrogens is 1. The predicted molar refractivity (Wildman–Crippen MR) is 79.4 cm³/mol. The second kappa shape index (κ2) is 6.21. The number of pyridine rings is 1. The van der Waals surface area contributed by atoms with Crippen molar-refractivity contribution in [3.8, 4) is 0 Å². The van der Waals surface area contributed by atoms with Crippen LogP contribution in [-0.4, -0.2) is 23.5 Å². The predicted octanol–water partition coefficient (Wildman–Crippen LogP) is 2.05. The van der Waals surface area contributed by atoms with Gasteiger partial charge in [0.05, 0.1) is 6.61 Å². The van der Waals surface area contributed by atoms with Crippen LogP contribution >= 0.6 is 0 Å². The smallest absolute Gasteiger partial charge is 0.343 e. The van der Waals surface area contributed by atoms with Crippen LogP contribution in [0.2, 0.25) is 0 Å². The number of ether oxygens (including phenoxy) is 1. The zero-order chi connectivity index (χ0) is 15.4. The van der Waals surface area contributed by atoms with E-state index in [9.17, 15) is 14.4 Å². The summed E-state index contributed by atoms with van der Waals surface area (Å²) in [5.41, 5.74) is 0.626. The molecule has 0 atom stereocenters. The van der Waals surface area contributed by atoms with Crippen molar-refractivity contribution in [2.45, 2.75) is 20.3 Å². The number of hydrogen-bond acceptors (Lipinski definition) is 4. The van der Waals surface area contributed by atoms with Gasteiger partial charge < -0.3 is 15.0 Å². The molecular formula is C15H16N2O4. The fourth-order valence-corrected chi connectivity index (χ4v) is 1.91. The van der Waals surface area contributed by atoms with Crippen molar-refractivity contribution >= 4 is 28.5 Å². The number of esters is 1. The lowest BCUT2D eigenvalue weighted by Gasteiger charge is -2.06. The van der Waals surface area contributed by atoms with Gasteiger partial charge in [0, 0.05) is 29.2 Å². The van der Waals surface area contributed by atoms with Gasteiger partial charge in [-0.05, 0) is 25.1 Å². The first kappa shape index (κ1) is 14.8. The summed E-state index contributed by atoms with van der Waals surface area (Å²) in [6, 6.07) is 4.91. The van der Waals surface area contributed by atoms with E-state index in [1.54, 1.807) is 32.0 Å². The summed E-state index contributed by atoms with van der Waals surface area (Å²) in [5, 5.41) is 3.01. The van der Waals surface area contributed by atoms with Crippen LogP contribution in [0.1, 0.15) is 30.6 Å². The van der Waals surface area contributed by atoms with Crippen molar-refractivity contribution in [2.75, 3.05) is 11.9 Å². The van der Waals surface area contributed by atoms with Crippen LogP contribution in [0.4, 0.5) is 5.69 Å². The van der Waals surface area contributed by atoms with E-state index in [4.69, 9.17) is 4.74 Å². The standard InChI is InChI=1S/C15H16N2O4/c1-3-13(18)17-9-5-6-12-10(7-9)14(19)11(8-16-12)15(20)21-4-2/h5-8H,3-4H2,1-2H3,(H,16,19)(H,17,18). The topological polar surface area (TPSA) is 88.3 Å². The van der Waals surface area contributed by atoms with E-state index in [-0.39, 0.29) is 18.1 Å². The van der Waals surface area contributed by atoms with E-state index in [0.29, 0.717) is 23.0 Å². The minimum absolute atomic E-state index is 0.0525. The number of carbonyl (C=O) groups is 2. The lowest BCUT2D eigenvalue weighted by molar-refractivity contribution is -0.115. The molecule has 1 aromatic heterocycles. The van der Waals surface area contributed by atoms with Gasteiger partial charge in [-0.2, -0.15) is 0 Å². The molecule has 1 heterocycles. The summed E-state index contributed by atoms with van der Waals surface area (Å²) in [6.45, 7) is 3.61. The molecule has 1 aromatic carbocycles. The normalized spacial score (nSPS) is 10.4. The Kier molecular flexibility index (Phi) is 4.37. The number of carbonyl (C=O) groups excluding carboxylic acids is 2. The van der Waals surface area contributed by atoms with E-state index < -0.39 is 11.4 Å². The molecule has 6 heteroatoms. The van der Waals surface area contributed by atoms with Crippen LogP contribution in [0, 0.1) is 0 Å². The van der Waals surface area contributed by atoms with Crippen LogP contribution in [-0.2, 0) is 9.53 Å². The van der Waals surface area contributed by atoms with Gasteiger partial charge in [0.15, 0.2) is 0 Å². The Morgan fingerprint density at radius 3 is 2.71 bits per heavy atom. The highest BCUT2D eigenvalue weighted by atomic mass is 16.5. The summed E-state index contributed by atoms with van der Waals surface area (Å²) in [5.74, 6) is -0.809. The van der Waals surface area contributed by atoms with Crippen LogP contribution in [0.25, 0.3) is 10.9 Å². The van der Waals surface area contributed by atoms with E-state index >= 15 is 0 Å². The third-order valence-electron chi connectivity index (χ3n) is 2.98. The first-order valence-electron chi connectivity index (χ1n) is 6.69. The quantitative estimate of drug-likeness (QED) is 0.843. The molecule has 2 rings (SSSR count). The minimum Gasteiger partial charge on any atom is -0.462 e. The number of fused-ring (bicyclic) bond motifs is 1. The summed E-state index contributed by atoms with van der Waals surface area (Å²) in [4.78, 5) is 38.3. The molecule has 110 valence electrons. The van der Waals surface area contributed by atoms with Gasteiger partial charge >= 0.3 is 5.97 Å². The van der Waals surface area contributed by atoms with Crippen molar-refractivity contribution in [2.24, 2.45) is 0 Å². The number of nitrogens with one attached hydrogen (secondary N) is 2. The molecule has 0 radical (unpaired) electrons. The summed E-state index contributed by atoms with van der Waals surface area (Å²) < 4.78 is 4.84. The number of aromatic nitrogens is 1. The van der Waals surface area contributed by atoms with Crippen molar-refractivity contribution < 1.29 is 14.3 Å². The molecule has 0 fully saturated rings. The Labute approximate surface area is 121 Å². The molecule has 0 spiro atoms. The Balaban J connectivity index is 2.49. The van der Waals surface area contributed by atoms with Crippen LogP contribution in [0.3, 0.4) is 0 Å². The first-order valence-corrected chi connectivity index (χ1v) is 6.69. The molecule has 0 aliphatic rings.